The first-order valence-electron chi connectivity index (χ1n) is 5.05. The standard InChI is InChI=1S/C12H15NO/c1-8-3-4-10-5-6-13-12(14)9(2)11(10)7-8/h3-4,7,9H,5-6H2,1-2H3,(H,13,14). The zero-order chi connectivity index (χ0) is 10.1. The highest BCUT2D eigenvalue weighted by atomic mass is 16.1. The highest BCUT2D eigenvalue weighted by molar-refractivity contribution is 5.84. The third-order valence-electron chi connectivity index (χ3n) is 2.85. The minimum Gasteiger partial charge on any atom is -0.355 e. The first kappa shape index (κ1) is 9.25. The summed E-state index contributed by atoms with van der Waals surface area (Å²) in [6.07, 6.45) is 0.950. The molecule has 1 aliphatic rings. The number of fused-ring (bicyclic) bond motifs is 1. The lowest BCUT2D eigenvalue weighted by molar-refractivity contribution is -0.121. The molecule has 1 N–H and O–H groups in total. The quantitative estimate of drug-likeness (QED) is 0.662. The number of aryl methyl sites for hydroxylation is 1. The second kappa shape index (κ2) is 3.45. The third kappa shape index (κ3) is 1.52. The van der Waals surface area contributed by atoms with E-state index in [1.165, 1.54) is 16.7 Å². The van der Waals surface area contributed by atoms with Crippen LogP contribution in [0.3, 0.4) is 0 Å². The van der Waals surface area contributed by atoms with Crippen LogP contribution in [0.1, 0.15) is 29.5 Å². The van der Waals surface area contributed by atoms with Crippen LogP contribution in [0.4, 0.5) is 0 Å². The van der Waals surface area contributed by atoms with Gasteiger partial charge in [-0.05, 0) is 31.4 Å². The Kier molecular flexibility index (Phi) is 2.28. The van der Waals surface area contributed by atoms with Crippen molar-refractivity contribution in [3.8, 4) is 0 Å². The minimum absolute atomic E-state index is 0.00704. The van der Waals surface area contributed by atoms with Crippen LogP contribution in [0.15, 0.2) is 18.2 Å². The molecule has 1 atom stereocenters. The molecule has 1 unspecified atom stereocenters. The van der Waals surface area contributed by atoms with E-state index in [9.17, 15) is 4.79 Å². The summed E-state index contributed by atoms with van der Waals surface area (Å²) in [4.78, 5) is 11.6. The van der Waals surface area contributed by atoms with E-state index >= 15 is 0 Å². The van der Waals surface area contributed by atoms with Crippen LogP contribution in [0.5, 0.6) is 0 Å². The Bertz CT molecular complexity index is 371. The Labute approximate surface area is 84.3 Å². The average Bonchev–Trinajstić information content (AvgIpc) is 2.30. The molecule has 1 amide bonds. The van der Waals surface area contributed by atoms with Crippen LogP contribution in [-0.2, 0) is 11.2 Å². The van der Waals surface area contributed by atoms with E-state index in [-0.39, 0.29) is 11.8 Å². The third-order valence-corrected chi connectivity index (χ3v) is 2.85. The van der Waals surface area contributed by atoms with Gasteiger partial charge in [-0.15, -0.1) is 0 Å². The summed E-state index contributed by atoms with van der Waals surface area (Å²) in [7, 11) is 0. The van der Waals surface area contributed by atoms with Gasteiger partial charge in [-0.2, -0.15) is 0 Å². The van der Waals surface area contributed by atoms with Gasteiger partial charge in [-0.25, -0.2) is 0 Å². The Hall–Kier alpha value is -1.31. The molecule has 0 spiro atoms. The fraction of sp³-hybridized carbons (Fsp3) is 0.417. The molecule has 0 aromatic heterocycles. The minimum atomic E-state index is -0.00704. The zero-order valence-corrected chi connectivity index (χ0v) is 8.63. The molecule has 0 aliphatic carbocycles. The fourth-order valence-corrected chi connectivity index (χ4v) is 1.96. The van der Waals surface area contributed by atoms with E-state index in [0.717, 1.165) is 13.0 Å². The van der Waals surface area contributed by atoms with Gasteiger partial charge in [0.2, 0.25) is 5.91 Å². The maximum atomic E-state index is 11.6. The van der Waals surface area contributed by atoms with Crippen molar-refractivity contribution < 1.29 is 4.79 Å². The Morgan fingerprint density at radius 3 is 3.00 bits per heavy atom. The fourth-order valence-electron chi connectivity index (χ4n) is 1.96. The number of amides is 1. The number of carbonyl (C=O) groups is 1. The van der Waals surface area contributed by atoms with Gasteiger partial charge < -0.3 is 5.32 Å². The molecule has 74 valence electrons. The summed E-state index contributed by atoms with van der Waals surface area (Å²) in [6, 6.07) is 6.38. The topological polar surface area (TPSA) is 29.1 Å². The molecule has 1 aromatic carbocycles. The molecule has 2 nitrogen and oxygen atoms in total. The number of benzene rings is 1. The molecule has 0 saturated carbocycles. The summed E-state index contributed by atoms with van der Waals surface area (Å²) >= 11 is 0. The van der Waals surface area contributed by atoms with Crippen molar-refractivity contribution in [3.63, 3.8) is 0 Å². The van der Waals surface area contributed by atoms with Crippen molar-refractivity contribution >= 4 is 5.91 Å². The van der Waals surface area contributed by atoms with Crippen molar-refractivity contribution in [1.29, 1.82) is 0 Å². The average molecular weight is 189 g/mol. The van der Waals surface area contributed by atoms with Gasteiger partial charge in [0.25, 0.3) is 0 Å². The molecule has 1 aliphatic heterocycles. The van der Waals surface area contributed by atoms with Crippen LogP contribution in [0.25, 0.3) is 0 Å². The molecule has 2 rings (SSSR count). The largest absolute Gasteiger partial charge is 0.355 e. The predicted octanol–water partition coefficient (Wildman–Crippen LogP) is 1.77. The highest BCUT2D eigenvalue weighted by Gasteiger charge is 2.20. The monoisotopic (exact) mass is 189 g/mol. The van der Waals surface area contributed by atoms with Gasteiger partial charge in [-0.1, -0.05) is 23.8 Å². The summed E-state index contributed by atoms with van der Waals surface area (Å²) in [5, 5.41) is 2.92. The lowest BCUT2D eigenvalue weighted by Gasteiger charge is -2.11. The molecule has 1 heterocycles. The molecular weight excluding hydrogens is 174 g/mol. The van der Waals surface area contributed by atoms with Gasteiger partial charge in [0.1, 0.15) is 0 Å². The maximum absolute atomic E-state index is 11.6. The van der Waals surface area contributed by atoms with Crippen molar-refractivity contribution in [1.82, 2.24) is 5.32 Å². The van der Waals surface area contributed by atoms with E-state index in [2.05, 4.69) is 30.4 Å². The molecule has 2 heteroatoms. The van der Waals surface area contributed by atoms with Crippen molar-refractivity contribution in [2.24, 2.45) is 0 Å². The maximum Gasteiger partial charge on any atom is 0.227 e. The molecule has 14 heavy (non-hydrogen) atoms. The van der Waals surface area contributed by atoms with Crippen molar-refractivity contribution in [2.75, 3.05) is 6.54 Å². The first-order chi connectivity index (χ1) is 6.68. The van der Waals surface area contributed by atoms with Crippen LogP contribution < -0.4 is 5.32 Å². The predicted molar refractivity (Wildman–Crippen MR) is 56.3 cm³/mol. The van der Waals surface area contributed by atoms with Gasteiger partial charge >= 0.3 is 0 Å². The zero-order valence-electron chi connectivity index (χ0n) is 8.63. The number of hydrogen-bond acceptors (Lipinski definition) is 1. The van der Waals surface area contributed by atoms with E-state index in [1.807, 2.05) is 6.92 Å². The lowest BCUT2D eigenvalue weighted by Crippen LogP contribution is -2.26. The van der Waals surface area contributed by atoms with Crippen LogP contribution in [0.2, 0.25) is 0 Å². The van der Waals surface area contributed by atoms with E-state index in [0.29, 0.717) is 0 Å². The van der Waals surface area contributed by atoms with E-state index < -0.39 is 0 Å². The molecular formula is C12H15NO. The van der Waals surface area contributed by atoms with Crippen LogP contribution >= 0.6 is 0 Å². The van der Waals surface area contributed by atoms with E-state index in [4.69, 9.17) is 0 Å². The number of carbonyl (C=O) groups excluding carboxylic acids is 1. The molecule has 0 radical (unpaired) electrons. The molecule has 0 bridgehead atoms. The number of nitrogens with one attached hydrogen (secondary N) is 1. The van der Waals surface area contributed by atoms with Gasteiger partial charge in [0, 0.05) is 6.54 Å². The summed E-state index contributed by atoms with van der Waals surface area (Å²) in [5.41, 5.74) is 3.73. The Balaban J connectivity index is 2.49. The Morgan fingerprint density at radius 1 is 1.43 bits per heavy atom. The smallest absolute Gasteiger partial charge is 0.227 e. The van der Waals surface area contributed by atoms with Crippen molar-refractivity contribution in [2.45, 2.75) is 26.2 Å². The molecule has 0 saturated heterocycles. The normalized spacial score (nSPS) is 21.0. The van der Waals surface area contributed by atoms with E-state index in [1.54, 1.807) is 0 Å². The summed E-state index contributed by atoms with van der Waals surface area (Å²) in [6.45, 7) is 4.80. The summed E-state index contributed by atoms with van der Waals surface area (Å²) in [5.74, 6) is 0.141. The number of hydrogen-bond donors (Lipinski definition) is 1. The highest BCUT2D eigenvalue weighted by Crippen LogP contribution is 2.23. The first-order valence-corrected chi connectivity index (χ1v) is 5.05. The van der Waals surface area contributed by atoms with Crippen LogP contribution in [-0.4, -0.2) is 12.5 Å². The van der Waals surface area contributed by atoms with Gasteiger partial charge in [0.05, 0.1) is 5.92 Å². The van der Waals surface area contributed by atoms with Gasteiger partial charge in [0.15, 0.2) is 0 Å². The lowest BCUT2D eigenvalue weighted by atomic mass is 9.93. The van der Waals surface area contributed by atoms with Crippen molar-refractivity contribution in [3.05, 3.63) is 34.9 Å². The second-order valence-electron chi connectivity index (χ2n) is 3.96. The molecule has 0 fully saturated rings. The Morgan fingerprint density at radius 2 is 2.21 bits per heavy atom. The SMILES string of the molecule is Cc1ccc2c(c1)C(C)C(=O)NCC2. The second-order valence-corrected chi connectivity index (χ2v) is 3.96. The van der Waals surface area contributed by atoms with Gasteiger partial charge in [-0.3, -0.25) is 4.79 Å². The van der Waals surface area contributed by atoms with Crippen LogP contribution in [0, 0.1) is 6.92 Å². The number of rotatable bonds is 0. The molecule has 1 aromatic rings. The summed E-state index contributed by atoms with van der Waals surface area (Å²) < 4.78 is 0.